The molecular weight excluding hydrogens is 284 g/mol. The summed E-state index contributed by atoms with van der Waals surface area (Å²) in [4.78, 5) is 36.7. The number of hydrogen-bond donors (Lipinski definition) is 1. The van der Waals surface area contributed by atoms with Gasteiger partial charge in [0.1, 0.15) is 18.2 Å². The van der Waals surface area contributed by atoms with Gasteiger partial charge in [0.05, 0.1) is 0 Å². The Morgan fingerprint density at radius 3 is 2.68 bits per heavy atom. The van der Waals surface area contributed by atoms with Gasteiger partial charge in [-0.25, -0.2) is 9.36 Å². The van der Waals surface area contributed by atoms with E-state index in [-0.39, 0.29) is 12.1 Å². The van der Waals surface area contributed by atoms with Crippen molar-refractivity contribution < 1.29 is 4.79 Å². The van der Waals surface area contributed by atoms with Crippen LogP contribution in [0.15, 0.2) is 9.59 Å². The highest BCUT2D eigenvalue weighted by Gasteiger charge is 2.24. The van der Waals surface area contributed by atoms with Crippen molar-refractivity contribution >= 4 is 5.91 Å². The van der Waals surface area contributed by atoms with Crippen molar-refractivity contribution in [3.05, 3.63) is 32.1 Å². The van der Waals surface area contributed by atoms with Gasteiger partial charge in [-0.2, -0.15) is 5.26 Å². The first-order chi connectivity index (χ1) is 10.3. The first-order valence-electron chi connectivity index (χ1n) is 7.38. The van der Waals surface area contributed by atoms with Gasteiger partial charge >= 0.3 is 5.69 Å². The third kappa shape index (κ3) is 2.82. The molecule has 1 aromatic heterocycles. The molecule has 0 atom stereocenters. The molecular formula is C15H20N4O3. The van der Waals surface area contributed by atoms with Crippen LogP contribution in [0.25, 0.3) is 0 Å². The van der Waals surface area contributed by atoms with E-state index < -0.39 is 22.7 Å². The average Bonchev–Trinajstić information content (AvgIpc) is 2.93. The van der Waals surface area contributed by atoms with Crippen molar-refractivity contribution in [1.29, 1.82) is 5.26 Å². The zero-order chi connectivity index (χ0) is 16.5. The van der Waals surface area contributed by atoms with Crippen molar-refractivity contribution in [3.8, 4) is 6.07 Å². The van der Waals surface area contributed by atoms with Gasteiger partial charge in [0, 0.05) is 17.8 Å². The quantitative estimate of drug-likeness (QED) is 0.855. The summed E-state index contributed by atoms with van der Waals surface area (Å²) in [6, 6.07) is 1.87. The molecule has 0 unspecified atom stereocenters. The Hall–Kier alpha value is -2.36. The lowest BCUT2D eigenvalue weighted by molar-refractivity contribution is -0.123. The van der Waals surface area contributed by atoms with E-state index in [0.717, 1.165) is 17.4 Å². The smallest absolute Gasteiger partial charge is 0.331 e. The predicted molar refractivity (Wildman–Crippen MR) is 80.5 cm³/mol. The summed E-state index contributed by atoms with van der Waals surface area (Å²) in [7, 11) is 0. The molecule has 0 spiro atoms. The maximum Gasteiger partial charge on any atom is 0.331 e. The summed E-state index contributed by atoms with van der Waals surface area (Å²) < 4.78 is 2.28. The topological polar surface area (TPSA) is 96.9 Å². The van der Waals surface area contributed by atoms with Gasteiger partial charge in [-0.15, -0.1) is 0 Å². The first-order valence-corrected chi connectivity index (χ1v) is 7.38. The van der Waals surface area contributed by atoms with Crippen LogP contribution in [0.2, 0.25) is 0 Å². The molecule has 0 saturated carbocycles. The van der Waals surface area contributed by atoms with E-state index in [0.29, 0.717) is 18.7 Å². The maximum atomic E-state index is 12.4. The van der Waals surface area contributed by atoms with Crippen LogP contribution in [-0.2, 0) is 24.3 Å². The fraction of sp³-hybridized carbons (Fsp3) is 0.600. The monoisotopic (exact) mass is 304 g/mol. The zero-order valence-corrected chi connectivity index (χ0v) is 13.1. The normalized spacial score (nSPS) is 13.5. The van der Waals surface area contributed by atoms with E-state index in [1.807, 2.05) is 26.8 Å². The van der Waals surface area contributed by atoms with Gasteiger partial charge in [-0.3, -0.25) is 14.2 Å². The lowest BCUT2D eigenvalue weighted by atomic mass is 10.0. The van der Waals surface area contributed by atoms with Crippen LogP contribution in [0.1, 0.15) is 44.9 Å². The minimum Gasteiger partial charge on any atom is -0.350 e. The van der Waals surface area contributed by atoms with Gasteiger partial charge in [0.15, 0.2) is 0 Å². The Balaban J connectivity index is 2.42. The maximum absolute atomic E-state index is 12.4. The molecule has 1 aliphatic heterocycles. The summed E-state index contributed by atoms with van der Waals surface area (Å²) in [5.41, 5.74) is -1.14. The molecule has 22 heavy (non-hydrogen) atoms. The summed E-state index contributed by atoms with van der Waals surface area (Å²) in [6.07, 6.45) is 1.99. The van der Waals surface area contributed by atoms with Gasteiger partial charge < -0.3 is 5.32 Å². The van der Waals surface area contributed by atoms with Gasteiger partial charge in [-0.1, -0.05) is 6.92 Å². The molecule has 0 bridgehead atoms. The summed E-state index contributed by atoms with van der Waals surface area (Å²) in [6.45, 7) is 5.78. The van der Waals surface area contributed by atoms with Crippen LogP contribution < -0.4 is 16.6 Å². The van der Waals surface area contributed by atoms with Crippen LogP contribution in [0.4, 0.5) is 0 Å². The standard InChI is InChI=1S/C15H20N4O3/c1-4-15(2,3)17-12(20)9-19-13(21)10(8-16)11-6-5-7-18(11)14(19)22/h4-7,9H2,1-3H3,(H,17,20). The number of amides is 1. The lowest BCUT2D eigenvalue weighted by Crippen LogP contribution is -2.49. The fourth-order valence-electron chi connectivity index (χ4n) is 2.54. The number of carbonyl (C=O) groups excluding carboxylic acids is 1. The van der Waals surface area contributed by atoms with Crippen LogP contribution in [0, 0.1) is 11.3 Å². The van der Waals surface area contributed by atoms with Crippen molar-refractivity contribution in [1.82, 2.24) is 14.5 Å². The zero-order valence-electron chi connectivity index (χ0n) is 13.1. The second kappa shape index (κ2) is 5.79. The molecule has 0 fully saturated rings. The van der Waals surface area contributed by atoms with E-state index in [1.54, 1.807) is 0 Å². The Morgan fingerprint density at radius 2 is 2.09 bits per heavy atom. The predicted octanol–water partition coefficient (Wildman–Crippen LogP) is 0.133. The third-order valence-corrected chi connectivity index (χ3v) is 4.11. The Kier molecular flexibility index (Phi) is 4.22. The van der Waals surface area contributed by atoms with Crippen molar-refractivity contribution in [3.63, 3.8) is 0 Å². The molecule has 7 heteroatoms. The molecule has 0 saturated heterocycles. The van der Waals surface area contributed by atoms with E-state index in [2.05, 4.69) is 5.32 Å². The average molecular weight is 304 g/mol. The van der Waals surface area contributed by atoms with Gasteiger partial charge in [-0.05, 0) is 33.1 Å². The van der Waals surface area contributed by atoms with Gasteiger partial charge in [0.25, 0.3) is 5.56 Å². The molecule has 7 nitrogen and oxygen atoms in total. The van der Waals surface area contributed by atoms with E-state index in [1.165, 1.54) is 4.57 Å². The molecule has 1 N–H and O–H groups in total. The van der Waals surface area contributed by atoms with E-state index in [4.69, 9.17) is 0 Å². The highest BCUT2D eigenvalue weighted by Crippen LogP contribution is 2.13. The van der Waals surface area contributed by atoms with Crippen LogP contribution in [0.3, 0.4) is 0 Å². The number of carbonyl (C=O) groups is 1. The molecule has 2 rings (SSSR count). The van der Waals surface area contributed by atoms with Crippen molar-refractivity contribution in [2.45, 2.75) is 58.7 Å². The summed E-state index contributed by atoms with van der Waals surface area (Å²) in [5, 5.41) is 12.0. The molecule has 0 aromatic carbocycles. The molecule has 1 amide bonds. The minimum absolute atomic E-state index is 0.0281. The lowest BCUT2D eigenvalue weighted by Gasteiger charge is -2.24. The Labute approximate surface area is 128 Å². The molecule has 2 heterocycles. The number of fused-ring (bicyclic) bond motifs is 1. The Morgan fingerprint density at radius 1 is 1.41 bits per heavy atom. The van der Waals surface area contributed by atoms with E-state index >= 15 is 0 Å². The molecule has 0 aliphatic carbocycles. The number of hydrogen-bond acceptors (Lipinski definition) is 4. The first kappa shape index (κ1) is 16.0. The summed E-state index contributed by atoms with van der Waals surface area (Å²) in [5.74, 6) is -0.409. The third-order valence-electron chi connectivity index (χ3n) is 4.11. The number of rotatable bonds is 4. The largest absolute Gasteiger partial charge is 0.350 e. The molecule has 1 aliphatic rings. The number of nitriles is 1. The van der Waals surface area contributed by atoms with Crippen molar-refractivity contribution in [2.24, 2.45) is 0 Å². The highest BCUT2D eigenvalue weighted by atomic mass is 16.2. The molecule has 1 aromatic rings. The minimum atomic E-state index is -0.676. The summed E-state index contributed by atoms with van der Waals surface area (Å²) >= 11 is 0. The SMILES string of the molecule is CCC(C)(C)NC(=O)Cn1c(=O)c(C#N)c2n(c1=O)CCC2. The highest BCUT2D eigenvalue weighted by molar-refractivity contribution is 5.76. The van der Waals surface area contributed by atoms with Gasteiger partial charge in [0.2, 0.25) is 5.91 Å². The number of nitrogens with zero attached hydrogens (tertiary/aromatic N) is 3. The second-order valence-corrected chi connectivity index (χ2v) is 6.15. The second-order valence-electron chi connectivity index (χ2n) is 6.15. The van der Waals surface area contributed by atoms with Crippen LogP contribution >= 0.6 is 0 Å². The van der Waals surface area contributed by atoms with Crippen molar-refractivity contribution in [2.75, 3.05) is 0 Å². The number of aromatic nitrogens is 2. The fourth-order valence-corrected chi connectivity index (χ4v) is 2.54. The Bertz CT molecular complexity index is 765. The van der Waals surface area contributed by atoms with Crippen LogP contribution in [0.5, 0.6) is 0 Å². The van der Waals surface area contributed by atoms with Crippen LogP contribution in [-0.4, -0.2) is 20.6 Å². The number of nitrogens with one attached hydrogen (secondary N) is 1. The molecule has 118 valence electrons. The molecule has 0 radical (unpaired) electrons. The van der Waals surface area contributed by atoms with E-state index in [9.17, 15) is 19.6 Å².